The molecule has 21 heavy (non-hydrogen) atoms. The fraction of sp³-hybridized carbons (Fsp3) is 0.500. The lowest BCUT2D eigenvalue weighted by atomic mass is 10.3. The molecule has 9 heteroatoms. The van der Waals surface area contributed by atoms with Gasteiger partial charge in [0.2, 0.25) is 20.0 Å². The summed E-state index contributed by atoms with van der Waals surface area (Å²) in [6.07, 6.45) is 1.05. The molecule has 1 rings (SSSR count). The molecule has 0 radical (unpaired) electrons. The Morgan fingerprint density at radius 3 is 2.00 bits per heavy atom. The topological polar surface area (TPSA) is 104 Å². The van der Waals surface area contributed by atoms with Gasteiger partial charge in [-0.25, -0.2) is 25.9 Å². The van der Waals surface area contributed by atoms with Crippen molar-refractivity contribution >= 4 is 20.0 Å². The number of sulfonamides is 2. The summed E-state index contributed by atoms with van der Waals surface area (Å²) >= 11 is 0. The number of benzene rings is 1. The van der Waals surface area contributed by atoms with Crippen molar-refractivity contribution in [1.82, 2.24) is 9.03 Å². The van der Waals surface area contributed by atoms with E-state index >= 15 is 0 Å². The average Bonchev–Trinajstić information content (AvgIpc) is 2.43. The molecule has 1 aromatic rings. The van der Waals surface area contributed by atoms with Gasteiger partial charge in [-0.15, -0.1) is 0 Å². The maximum atomic E-state index is 12.0. The van der Waals surface area contributed by atoms with Crippen LogP contribution in [0.15, 0.2) is 34.1 Å². The van der Waals surface area contributed by atoms with Crippen molar-refractivity contribution in [3.63, 3.8) is 0 Å². The van der Waals surface area contributed by atoms with Gasteiger partial charge in [-0.3, -0.25) is 0 Å². The Morgan fingerprint density at radius 1 is 1.00 bits per heavy atom. The first-order chi connectivity index (χ1) is 9.71. The molecule has 0 spiro atoms. The van der Waals surface area contributed by atoms with Gasteiger partial charge in [0.25, 0.3) is 0 Å². The first-order valence-corrected chi connectivity index (χ1v) is 9.27. The molecule has 0 aromatic heterocycles. The third-order valence-corrected chi connectivity index (χ3v) is 6.10. The average molecular weight is 336 g/mol. The highest BCUT2D eigenvalue weighted by Gasteiger charge is 2.19. The minimum absolute atomic E-state index is 0.00389. The van der Waals surface area contributed by atoms with E-state index in [1.165, 1.54) is 38.4 Å². The third-order valence-electron chi connectivity index (χ3n) is 2.79. The molecule has 0 fully saturated rings. The van der Waals surface area contributed by atoms with Gasteiger partial charge in [0.15, 0.2) is 0 Å². The number of nitrogens with one attached hydrogen (secondary N) is 1. The van der Waals surface area contributed by atoms with Crippen LogP contribution in [0.4, 0.5) is 0 Å². The maximum absolute atomic E-state index is 12.0. The van der Waals surface area contributed by atoms with Crippen molar-refractivity contribution in [2.24, 2.45) is 0 Å². The Balaban J connectivity index is 2.87. The molecule has 7 nitrogen and oxygen atoms in total. The number of aliphatic hydroxyl groups excluding tert-OH is 1. The van der Waals surface area contributed by atoms with Crippen LogP contribution in [0.1, 0.15) is 12.8 Å². The van der Waals surface area contributed by atoms with Gasteiger partial charge in [-0.1, -0.05) is 0 Å². The van der Waals surface area contributed by atoms with Crippen LogP contribution in [-0.2, 0) is 20.0 Å². The van der Waals surface area contributed by atoms with Gasteiger partial charge >= 0.3 is 0 Å². The molecule has 0 amide bonds. The monoisotopic (exact) mass is 336 g/mol. The fourth-order valence-corrected chi connectivity index (χ4v) is 3.50. The van der Waals surface area contributed by atoms with Gasteiger partial charge in [0.05, 0.1) is 9.79 Å². The number of aliphatic hydroxyl groups is 1. The van der Waals surface area contributed by atoms with Crippen molar-refractivity contribution in [2.75, 3.05) is 27.2 Å². The molecule has 0 bridgehead atoms. The van der Waals surface area contributed by atoms with Gasteiger partial charge in [-0.2, -0.15) is 0 Å². The van der Waals surface area contributed by atoms with E-state index in [-0.39, 0.29) is 22.9 Å². The van der Waals surface area contributed by atoms with Crippen LogP contribution in [-0.4, -0.2) is 53.5 Å². The molecular weight excluding hydrogens is 316 g/mol. The third kappa shape index (κ3) is 4.75. The molecule has 0 aliphatic heterocycles. The Bertz CT molecular complexity index is 651. The van der Waals surface area contributed by atoms with E-state index in [0.717, 1.165) is 4.31 Å². The zero-order valence-corrected chi connectivity index (χ0v) is 13.6. The summed E-state index contributed by atoms with van der Waals surface area (Å²) in [6.45, 7) is 0.236. The smallest absolute Gasteiger partial charge is 0.242 e. The number of rotatable bonds is 8. The molecule has 0 saturated heterocycles. The van der Waals surface area contributed by atoms with Crippen LogP contribution in [0, 0.1) is 0 Å². The standard InChI is InChI=1S/C12H20N2O5S2/c1-14(2)21(18,19)12-7-5-11(6-8-12)20(16,17)13-9-3-4-10-15/h5-8,13,15H,3-4,9-10H2,1-2H3. The van der Waals surface area contributed by atoms with E-state index in [9.17, 15) is 16.8 Å². The molecule has 0 aliphatic carbocycles. The second-order valence-corrected chi connectivity index (χ2v) is 8.51. The van der Waals surface area contributed by atoms with Crippen LogP contribution < -0.4 is 4.72 Å². The summed E-state index contributed by atoms with van der Waals surface area (Å²) in [4.78, 5) is 0.0379. The van der Waals surface area contributed by atoms with Crippen molar-refractivity contribution < 1.29 is 21.9 Å². The van der Waals surface area contributed by atoms with Crippen LogP contribution >= 0.6 is 0 Å². The molecule has 0 heterocycles. The second kappa shape index (κ2) is 7.32. The summed E-state index contributed by atoms with van der Waals surface area (Å²) in [5.74, 6) is 0. The molecule has 1 aromatic carbocycles. The summed E-state index contributed by atoms with van der Waals surface area (Å²) in [5, 5.41) is 8.63. The van der Waals surface area contributed by atoms with Crippen molar-refractivity contribution in [3.8, 4) is 0 Å². The van der Waals surface area contributed by atoms with Gasteiger partial charge in [0.1, 0.15) is 0 Å². The lowest BCUT2D eigenvalue weighted by Gasteiger charge is -2.12. The van der Waals surface area contributed by atoms with E-state index in [1.807, 2.05) is 0 Å². The Labute approximate surface area is 125 Å². The molecule has 0 aliphatic rings. The molecule has 2 N–H and O–H groups in total. The summed E-state index contributed by atoms with van der Waals surface area (Å²) in [5.41, 5.74) is 0. The molecule has 0 atom stereocenters. The molecule has 0 saturated carbocycles. The predicted octanol–water partition coefficient (Wildman–Crippen LogP) is -0.0123. The first kappa shape index (κ1) is 18.1. The quantitative estimate of drug-likeness (QED) is 0.650. The van der Waals surface area contributed by atoms with Gasteiger partial charge in [-0.05, 0) is 37.1 Å². The predicted molar refractivity (Wildman–Crippen MR) is 78.8 cm³/mol. The van der Waals surface area contributed by atoms with Crippen molar-refractivity contribution in [3.05, 3.63) is 24.3 Å². The zero-order valence-electron chi connectivity index (χ0n) is 12.0. The van der Waals surface area contributed by atoms with Crippen LogP contribution in [0.5, 0.6) is 0 Å². The number of hydrogen-bond donors (Lipinski definition) is 2. The van der Waals surface area contributed by atoms with Gasteiger partial charge in [0, 0.05) is 27.2 Å². The largest absolute Gasteiger partial charge is 0.396 e. The van der Waals surface area contributed by atoms with E-state index in [0.29, 0.717) is 12.8 Å². The maximum Gasteiger partial charge on any atom is 0.242 e. The number of hydrogen-bond acceptors (Lipinski definition) is 5. The summed E-state index contributed by atoms with van der Waals surface area (Å²) in [6, 6.07) is 5.03. The van der Waals surface area contributed by atoms with Gasteiger partial charge < -0.3 is 5.11 Å². The minimum atomic E-state index is -3.66. The normalized spacial score (nSPS) is 12.8. The minimum Gasteiger partial charge on any atom is -0.396 e. The van der Waals surface area contributed by atoms with E-state index in [4.69, 9.17) is 5.11 Å². The second-order valence-electron chi connectivity index (χ2n) is 4.59. The first-order valence-electron chi connectivity index (χ1n) is 6.35. The Hall–Kier alpha value is -1.00. The summed E-state index contributed by atoms with van der Waals surface area (Å²) in [7, 11) is -4.43. The van der Waals surface area contributed by atoms with Crippen LogP contribution in [0.3, 0.4) is 0 Å². The Kier molecular flexibility index (Phi) is 6.29. The van der Waals surface area contributed by atoms with Crippen LogP contribution in [0.25, 0.3) is 0 Å². The molecule has 120 valence electrons. The highest BCUT2D eigenvalue weighted by Crippen LogP contribution is 2.16. The lowest BCUT2D eigenvalue weighted by molar-refractivity contribution is 0.285. The van der Waals surface area contributed by atoms with Crippen molar-refractivity contribution in [1.29, 1.82) is 0 Å². The van der Waals surface area contributed by atoms with E-state index < -0.39 is 20.0 Å². The fourth-order valence-electron chi connectivity index (χ4n) is 1.53. The highest BCUT2D eigenvalue weighted by molar-refractivity contribution is 7.89. The number of unbranched alkanes of at least 4 members (excludes halogenated alkanes) is 1. The lowest BCUT2D eigenvalue weighted by Crippen LogP contribution is -2.25. The molecule has 0 unspecified atom stereocenters. The summed E-state index contributed by atoms with van der Waals surface area (Å²) < 4.78 is 51.1. The highest BCUT2D eigenvalue weighted by atomic mass is 32.2. The van der Waals surface area contributed by atoms with E-state index in [1.54, 1.807) is 0 Å². The van der Waals surface area contributed by atoms with Crippen molar-refractivity contribution in [2.45, 2.75) is 22.6 Å². The Morgan fingerprint density at radius 2 is 1.52 bits per heavy atom. The van der Waals surface area contributed by atoms with Crippen LogP contribution in [0.2, 0.25) is 0 Å². The number of nitrogens with zero attached hydrogens (tertiary/aromatic N) is 1. The SMILES string of the molecule is CN(C)S(=O)(=O)c1ccc(S(=O)(=O)NCCCCO)cc1. The zero-order chi connectivity index (χ0) is 16.1. The molecular formula is C12H20N2O5S2. The van der Waals surface area contributed by atoms with E-state index in [2.05, 4.69) is 4.72 Å².